The van der Waals surface area contributed by atoms with E-state index in [0.29, 0.717) is 30.5 Å². The van der Waals surface area contributed by atoms with Crippen LogP contribution in [0.25, 0.3) is 0 Å². The van der Waals surface area contributed by atoms with Crippen LogP contribution in [0.5, 0.6) is 0 Å². The molecule has 15 nitrogen and oxygen atoms in total. The molecule has 0 radical (unpaired) electrons. The van der Waals surface area contributed by atoms with Gasteiger partial charge in [-0.3, -0.25) is 4.79 Å². The molecule has 0 amide bonds. The summed E-state index contributed by atoms with van der Waals surface area (Å²) in [6.45, 7) is 14.4. The Morgan fingerprint density at radius 3 is 2.10 bits per heavy atom. The minimum atomic E-state index is -1.78. The molecule has 3 aliphatic heterocycles. The zero-order chi connectivity index (χ0) is 42.7. The van der Waals surface area contributed by atoms with Crippen LogP contribution < -0.4 is 0 Å². The van der Waals surface area contributed by atoms with Gasteiger partial charge in [0.1, 0.15) is 61.0 Å². The van der Waals surface area contributed by atoms with E-state index in [-0.39, 0.29) is 40.3 Å². The maximum absolute atomic E-state index is 12.9. The third-order valence-electron chi connectivity index (χ3n) is 17.3. The number of ether oxygens (including phenoxy) is 6. The number of carbonyl (C=O) groups excluding carboxylic acids is 1. The maximum atomic E-state index is 12.9. The van der Waals surface area contributed by atoms with E-state index >= 15 is 0 Å². The molecule has 15 heteroatoms. The molecular weight excluding hydrogens is 768 g/mol. The van der Waals surface area contributed by atoms with Crippen molar-refractivity contribution in [3.8, 4) is 0 Å². The molecule has 8 rings (SSSR count). The maximum Gasteiger partial charge on any atom is 0.187 e. The molecule has 3 saturated heterocycles. The summed E-state index contributed by atoms with van der Waals surface area (Å²) in [6, 6.07) is 0. The number of aliphatic hydroxyl groups excluding tert-OH is 8. The molecule has 3 saturated carbocycles. The molecule has 0 spiro atoms. The zero-order valence-electron chi connectivity index (χ0n) is 35.5. The van der Waals surface area contributed by atoms with Crippen molar-refractivity contribution in [2.24, 2.45) is 39.4 Å². The van der Waals surface area contributed by atoms with E-state index in [1.54, 1.807) is 0 Å². The molecule has 334 valence electrons. The van der Waals surface area contributed by atoms with Crippen LogP contribution in [0.4, 0.5) is 0 Å². The lowest BCUT2D eigenvalue weighted by molar-refractivity contribution is -0.388. The van der Waals surface area contributed by atoms with Crippen molar-refractivity contribution in [3.63, 3.8) is 0 Å². The number of hydrogen-bond acceptors (Lipinski definition) is 15. The summed E-state index contributed by atoms with van der Waals surface area (Å²) in [5.41, 5.74) is 3.27. The third-order valence-corrected chi connectivity index (χ3v) is 17.3. The van der Waals surface area contributed by atoms with Crippen LogP contribution in [-0.4, -0.2) is 152 Å². The Hall–Kier alpha value is -1.41. The molecule has 59 heavy (non-hydrogen) atoms. The highest BCUT2D eigenvalue weighted by molar-refractivity contribution is 6.00. The number of aliphatic hydroxyl groups is 8. The first kappa shape index (κ1) is 44.2. The van der Waals surface area contributed by atoms with Crippen LogP contribution in [-0.2, 0) is 33.2 Å². The summed E-state index contributed by atoms with van der Waals surface area (Å²) in [5, 5.41) is 85.1. The fourth-order valence-corrected chi connectivity index (χ4v) is 13.6. The van der Waals surface area contributed by atoms with Gasteiger partial charge in [0, 0.05) is 6.42 Å². The minimum absolute atomic E-state index is 0.0304. The number of hydrogen-bond donors (Lipinski definition) is 8. The van der Waals surface area contributed by atoms with Crippen molar-refractivity contribution in [1.82, 2.24) is 0 Å². The standard InChI is InChI=1S/C44H68O15/c1-19-23(46)16-21-10-14-43(6)22(29(19)21)8-9-27-42(5)13-12-28(41(3,4)26(42)11-15-44(27,43)7)57-40-37(59-38-34(52)32(50)30(48)20(2)55-38)36(24(47)18-54-40)58-39-35(53)33(51)31(49)25(17-45)56-39/h8,20-21,24-28,30-40,45,47-53H,9-18H2,1-7H3/t20-,21?,24-,25+,26?,27?,28-,30-,31+,32+,33-,34+,35+,36-,37+,38-,39-,40+,42-,43+,44+/m0/s1. The summed E-state index contributed by atoms with van der Waals surface area (Å²) >= 11 is 0. The highest BCUT2D eigenvalue weighted by Crippen LogP contribution is 2.74. The molecule has 0 aromatic rings. The van der Waals surface area contributed by atoms with Gasteiger partial charge in [-0.1, -0.05) is 40.7 Å². The van der Waals surface area contributed by atoms with Gasteiger partial charge in [0.15, 0.2) is 24.7 Å². The van der Waals surface area contributed by atoms with Crippen LogP contribution in [0.3, 0.4) is 0 Å². The number of ketones is 1. The summed E-state index contributed by atoms with van der Waals surface area (Å²) in [5.74, 6) is 1.29. The number of fused-ring (bicyclic) bond motifs is 7. The molecular formula is C44H68O15. The topological polar surface area (TPSA) is 234 Å². The second kappa shape index (κ2) is 15.7. The van der Waals surface area contributed by atoms with Gasteiger partial charge in [-0.05, 0) is 115 Å². The fraction of sp³-hybridized carbons (Fsp3) is 0.886. The summed E-state index contributed by atoms with van der Waals surface area (Å²) in [7, 11) is 0. The molecule has 3 heterocycles. The Labute approximate surface area is 346 Å². The Kier molecular flexibility index (Phi) is 11.8. The summed E-state index contributed by atoms with van der Waals surface area (Å²) in [6.07, 6.45) is -11.4. The normalized spacial score (nSPS) is 53.5. The average Bonchev–Trinajstić information content (AvgIpc) is 3.48. The fourth-order valence-electron chi connectivity index (χ4n) is 13.6. The Morgan fingerprint density at radius 1 is 0.746 bits per heavy atom. The Bertz CT molecular complexity index is 1670. The highest BCUT2D eigenvalue weighted by Gasteiger charge is 2.67. The monoisotopic (exact) mass is 836 g/mol. The third kappa shape index (κ3) is 6.79. The molecule has 0 aromatic carbocycles. The van der Waals surface area contributed by atoms with Gasteiger partial charge in [-0.2, -0.15) is 0 Å². The predicted octanol–water partition coefficient (Wildman–Crippen LogP) is 1.38. The molecule has 6 fully saturated rings. The van der Waals surface area contributed by atoms with Crippen LogP contribution in [0, 0.1) is 39.4 Å². The predicted molar refractivity (Wildman–Crippen MR) is 208 cm³/mol. The number of carbonyl (C=O) groups is 1. The van der Waals surface area contributed by atoms with E-state index in [4.69, 9.17) is 28.4 Å². The van der Waals surface area contributed by atoms with Crippen molar-refractivity contribution in [2.45, 2.75) is 192 Å². The van der Waals surface area contributed by atoms with Gasteiger partial charge in [0.2, 0.25) is 0 Å². The van der Waals surface area contributed by atoms with Crippen molar-refractivity contribution < 1.29 is 74.1 Å². The van der Waals surface area contributed by atoms with E-state index < -0.39 is 92.6 Å². The summed E-state index contributed by atoms with van der Waals surface area (Å²) < 4.78 is 37.0. The smallest absolute Gasteiger partial charge is 0.187 e. The van der Waals surface area contributed by atoms with Gasteiger partial charge in [0.25, 0.3) is 0 Å². The van der Waals surface area contributed by atoms with Crippen LogP contribution in [0.1, 0.15) is 99.8 Å². The minimum Gasteiger partial charge on any atom is -0.394 e. The number of rotatable bonds is 7. The van der Waals surface area contributed by atoms with Crippen molar-refractivity contribution in [2.75, 3.05) is 13.2 Å². The molecule has 8 N–H and O–H groups in total. The van der Waals surface area contributed by atoms with Crippen molar-refractivity contribution in [3.05, 3.63) is 22.8 Å². The molecule has 5 aliphatic carbocycles. The van der Waals surface area contributed by atoms with Gasteiger partial charge < -0.3 is 69.3 Å². The van der Waals surface area contributed by atoms with Gasteiger partial charge >= 0.3 is 0 Å². The number of allylic oxidation sites excluding steroid dienone is 4. The second-order valence-corrected chi connectivity index (χ2v) is 20.5. The van der Waals surface area contributed by atoms with E-state index in [0.717, 1.165) is 44.1 Å². The van der Waals surface area contributed by atoms with Crippen LogP contribution >= 0.6 is 0 Å². The molecule has 0 aromatic heterocycles. The quantitative estimate of drug-likeness (QED) is 0.169. The molecule has 0 bridgehead atoms. The van der Waals surface area contributed by atoms with Gasteiger partial charge in [-0.15, -0.1) is 0 Å². The van der Waals surface area contributed by atoms with E-state index in [2.05, 4.69) is 40.7 Å². The SMILES string of the molecule is CC1=C2C3=CCC4[C@@]5(C)CC[C@H](O[C@H]6OC[C@H](O)[C@H](O[C@@H]7O[C@H](CO)[C@@H](O)[C@H](O)[C@H]7O)[C@H]6O[C@@H]6O[C@@H](C)[C@H](O)[C@@H](O)[C@H]6O)C(C)(C)C5CC[C@@]4(C)[C@]3(C)CCC2CC1=O. The van der Waals surface area contributed by atoms with Crippen LogP contribution in [0.15, 0.2) is 22.8 Å². The molecule has 21 atom stereocenters. The first-order chi connectivity index (χ1) is 27.7. The summed E-state index contributed by atoms with van der Waals surface area (Å²) in [4.78, 5) is 12.9. The zero-order valence-corrected chi connectivity index (χ0v) is 35.5. The first-order valence-corrected chi connectivity index (χ1v) is 21.9. The van der Waals surface area contributed by atoms with Crippen LogP contribution in [0.2, 0.25) is 0 Å². The first-order valence-electron chi connectivity index (χ1n) is 21.9. The lowest BCUT2D eigenvalue weighted by Crippen LogP contribution is -2.66. The average molecular weight is 837 g/mol. The van der Waals surface area contributed by atoms with Crippen molar-refractivity contribution in [1.29, 1.82) is 0 Å². The van der Waals surface area contributed by atoms with E-state index in [9.17, 15) is 45.6 Å². The van der Waals surface area contributed by atoms with Gasteiger partial charge in [-0.25, -0.2) is 0 Å². The second-order valence-electron chi connectivity index (χ2n) is 20.5. The molecule has 8 aliphatic rings. The number of Topliss-reactive ketones (excluding diaryl/α,β-unsaturated/α-hetero) is 1. The lowest BCUT2D eigenvalue weighted by atomic mass is 9.35. The lowest BCUT2D eigenvalue weighted by Gasteiger charge is -2.70. The molecule has 3 unspecified atom stereocenters. The van der Waals surface area contributed by atoms with Crippen molar-refractivity contribution >= 4 is 5.78 Å². The Balaban J connectivity index is 1.07. The van der Waals surface area contributed by atoms with Gasteiger partial charge in [0.05, 0.1) is 25.4 Å². The highest BCUT2D eigenvalue weighted by atomic mass is 16.8. The van der Waals surface area contributed by atoms with E-state index in [1.165, 1.54) is 18.1 Å². The largest absolute Gasteiger partial charge is 0.394 e. The Morgan fingerprint density at radius 2 is 1.41 bits per heavy atom. The van der Waals surface area contributed by atoms with E-state index in [1.807, 2.05) is 6.92 Å².